The van der Waals surface area contributed by atoms with Crippen LogP contribution in [0.15, 0.2) is 66.7 Å². The molecule has 0 spiro atoms. The van der Waals surface area contributed by atoms with E-state index in [-0.39, 0.29) is 31.0 Å². The van der Waals surface area contributed by atoms with Crippen LogP contribution in [0, 0.1) is 5.82 Å². The molecule has 3 aromatic rings. The van der Waals surface area contributed by atoms with Gasteiger partial charge < -0.3 is 15.0 Å². The first-order valence-corrected chi connectivity index (χ1v) is 12.0. The fourth-order valence-corrected chi connectivity index (χ4v) is 4.51. The Labute approximate surface area is 199 Å². The van der Waals surface area contributed by atoms with Crippen LogP contribution in [-0.4, -0.2) is 35.4 Å². The second kappa shape index (κ2) is 11.1. The molecule has 178 valence electrons. The third kappa shape index (κ3) is 5.74. The highest BCUT2D eigenvalue weighted by Gasteiger charge is 2.29. The molecular weight excluding hydrogens is 431 g/mol. The maximum atomic E-state index is 14.4. The van der Waals surface area contributed by atoms with Crippen LogP contribution < -0.4 is 10.1 Å². The van der Waals surface area contributed by atoms with Crippen molar-refractivity contribution in [2.45, 2.75) is 57.7 Å². The van der Waals surface area contributed by atoms with E-state index in [9.17, 15) is 14.0 Å². The molecule has 1 saturated carbocycles. The highest BCUT2D eigenvalue weighted by atomic mass is 19.1. The van der Waals surface area contributed by atoms with E-state index in [2.05, 4.69) is 5.32 Å². The van der Waals surface area contributed by atoms with Crippen molar-refractivity contribution in [3.63, 3.8) is 0 Å². The molecule has 4 rings (SSSR count). The fraction of sp³-hybridized carbons (Fsp3) is 0.357. The predicted molar refractivity (Wildman–Crippen MR) is 131 cm³/mol. The molecule has 0 aromatic heterocycles. The molecule has 5 nitrogen and oxygen atoms in total. The maximum Gasteiger partial charge on any atom is 0.261 e. The Morgan fingerprint density at radius 2 is 1.71 bits per heavy atom. The number of carbonyl (C=O) groups excluding carboxylic acids is 2. The van der Waals surface area contributed by atoms with Crippen LogP contribution in [0.3, 0.4) is 0 Å². The Morgan fingerprint density at radius 1 is 1.00 bits per heavy atom. The highest BCUT2D eigenvalue weighted by molar-refractivity contribution is 5.90. The molecule has 34 heavy (non-hydrogen) atoms. The van der Waals surface area contributed by atoms with Crippen molar-refractivity contribution >= 4 is 22.6 Å². The van der Waals surface area contributed by atoms with Gasteiger partial charge in [0.1, 0.15) is 17.6 Å². The van der Waals surface area contributed by atoms with Gasteiger partial charge in [-0.15, -0.1) is 0 Å². The molecule has 1 fully saturated rings. The number of hydrogen-bond donors (Lipinski definition) is 1. The zero-order valence-electron chi connectivity index (χ0n) is 19.5. The minimum Gasteiger partial charge on any atom is -0.483 e. The van der Waals surface area contributed by atoms with Crippen LogP contribution in [0.1, 0.15) is 44.6 Å². The monoisotopic (exact) mass is 462 g/mol. The zero-order valence-corrected chi connectivity index (χ0v) is 19.5. The van der Waals surface area contributed by atoms with Crippen LogP contribution in [0.5, 0.6) is 5.75 Å². The number of hydrogen-bond acceptors (Lipinski definition) is 3. The summed E-state index contributed by atoms with van der Waals surface area (Å²) in [6, 6.07) is 19.1. The average Bonchev–Trinajstić information content (AvgIpc) is 2.87. The number of rotatable bonds is 8. The lowest BCUT2D eigenvalue weighted by molar-refractivity contribution is -0.142. The molecule has 1 aliphatic rings. The van der Waals surface area contributed by atoms with Gasteiger partial charge in [-0.2, -0.15) is 0 Å². The quantitative estimate of drug-likeness (QED) is 0.499. The maximum absolute atomic E-state index is 14.4. The number of amides is 2. The standard InChI is InChI=1S/C28H31FN2O3/c1-20(28(33)30-23-13-3-2-4-14-23)31(18-22-11-6-8-16-25(22)29)27(32)19-34-26-17-9-12-21-10-5-7-15-24(21)26/h5-12,15-17,20,23H,2-4,13-14,18-19H2,1H3,(H,30,33)/t20-/m0/s1. The molecule has 1 atom stereocenters. The van der Waals surface area contributed by atoms with Gasteiger partial charge in [-0.05, 0) is 37.3 Å². The first-order chi connectivity index (χ1) is 16.5. The number of fused-ring (bicyclic) bond motifs is 1. The number of nitrogens with one attached hydrogen (secondary N) is 1. The summed E-state index contributed by atoms with van der Waals surface area (Å²) in [5.41, 5.74) is 0.360. The van der Waals surface area contributed by atoms with Gasteiger partial charge in [-0.3, -0.25) is 9.59 Å². The number of carbonyl (C=O) groups is 2. The molecule has 3 aromatic carbocycles. The van der Waals surface area contributed by atoms with Crippen molar-refractivity contribution < 1.29 is 18.7 Å². The minimum atomic E-state index is -0.759. The van der Waals surface area contributed by atoms with Gasteiger partial charge in [-0.1, -0.05) is 73.9 Å². The summed E-state index contributed by atoms with van der Waals surface area (Å²) in [4.78, 5) is 27.8. The van der Waals surface area contributed by atoms with Gasteiger partial charge in [0.05, 0.1) is 0 Å². The topological polar surface area (TPSA) is 58.6 Å². The van der Waals surface area contributed by atoms with E-state index in [4.69, 9.17) is 4.74 Å². The van der Waals surface area contributed by atoms with Crippen molar-refractivity contribution in [1.82, 2.24) is 10.2 Å². The number of halogens is 1. The van der Waals surface area contributed by atoms with Crippen LogP contribution in [0.2, 0.25) is 0 Å². The second-order valence-electron chi connectivity index (χ2n) is 8.90. The van der Waals surface area contributed by atoms with E-state index in [0.29, 0.717) is 11.3 Å². The summed E-state index contributed by atoms with van der Waals surface area (Å²) in [6.45, 7) is 1.43. The molecule has 0 bridgehead atoms. The first-order valence-electron chi connectivity index (χ1n) is 12.0. The molecule has 0 unspecified atom stereocenters. The van der Waals surface area contributed by atoms with E-state index < -0.39 is 11.9 Å². The summed E-state index contributed by atoms with van der Waals surface area (Å²) in [5, 5.41) is 5.00. The molecule has 1 aliphatic carbocycles. The number of benzene rings is 3. The largest absolute Gasteiger partial charge is 0.483 e. The summed E-state index contributed by atoms with van der Waals surface area (Å²) < 4.78 is 20.3. The molecule has 1 N–H and O–H groups in total. The lowest BCUT2D eigenvalue weighted by Gasteiger charge is -2.31. The number of ether oxygens (including phenoxy) is 1. The van der Waals surface area contributed by atoms with Gasteiger partial charge in [-0.25, -0.2) is 4.39 Å². The van der Waals surface area contributed by atoms with Gasteiger partial charge in [0.2, 0.25) is 5.91 Å². The van der Waals surface area contributed by atoms with Crippen LogP contribution >= 0.6 is 0 Å². The van der Waals surface area contributed by atoms with E-state index >= 15 is 0 Å². The second-order valence-corrected chi connectivity index (χ2v) is 8.90. The molecule has 2 amide bonds. The third-order valence-electron chi connectivity index (χ3n) is 6.52. The Hall–Kier alpha value is -3.41. The minimum absolute atomic E-state index is 0.0103. The first kappa shape index (κ1) is 23.7. The predicted octanol–water partition coefficient (Wildman–Crippen LogP) is 5.22. The Balaban J connectivity index is 1.50. The molecular formula is C28H31FN2O3. The van der Waals surface area contributed by atoms with E-state index in [1.54, 1.807) is 25.1 Å². The smallest absolute Gasteiger partial charge is 0.261 e. The van der Waals surface area contributed by atoms with Crippen LogP contribution in [0.4, 0.5) is 4.39 Å². The fourth-order valence-electron chi connectivity index (χ4n) is 4.51. The normalized spacial score (nSPS) is 15.0. The van der Waals surface area contributed by atoms with Gasteiger partial charge in [0, 0.05) is 23.5 Å². The Morgan fingerprint density at radius 3 is 2.50 bits per heavy atom. The van der Waals surface area contributed by atoms with E-state index in [1.807, 2.05) is 42.5 Å². The van der Waals surface area contributed by atoms with Crippen molar-refractivity contribution in [3.05, 3.63) is 78.1 Å². The zero-order chi connectivity index (χ0) is 23.9. The highest BCUT2D eigenvalue weighted by Crippen LogP contribution is 2.25. The van der Waals surface area contributed by atoms with Crippen molar-refractivity contribution in [1.29, 1.82) is 0 Å². The molecule has 0 heterocycles. The molecule has 0 saturated heterocycles. The van der Waals surface area contributed by atoms with E-state index in [0.717, 1.165) is 36.5 Å². The Bertz CT molecular complexity index is 1140. The SMILES string of the molecule is C[C@@H](C(=O)NC1CCCCC1)N(Cc1ccccc1F)C(=O)COc1cccc2ccccc12. The van der Waals surface area contributed by atoms with Crippen LogP contribution in [-0.2, 0) is 16.1 Å². The van der Waals surface area contributed by atoms with Gasteiger partial charge in [0.15, 0.2) is 6.61 Å². The Kier molecular flexibility index (Phi) is 7.78. The third-order valence-corrected chi connectivity index (χ3v) is 6.52. The summed E-state index contributed by atoms with van der Waals surface area (Å²) in [6.07, 6.45) is 5.27. The summed E-state index contributed by atoms with van der Waals surface area (Å²) >= 11 is 0. The number of nitrogens with zero attached hydrogens (tertiary/aromatic N) is 1. The van der Waals surface area contributed by atoms with Gasteiger partial charge in [0.25, 0.3) is 5.91 Å². The van der Waals surface area contributed by atoms with Crippen molar-refractivity contribution in [3.8, 4) is 5.75 Å². The molecule has 0 radical (unpaired) electrons. The van der Waals surface area contributed by atoms with E-state index in [1.165, 1.54) is 17.4 Å². The lowest BCUT2D eigenvalue weighted by atomic mass is 9.95. The summed E-state index contributed by atoms with van der Waals surface area (Å²) in [5.74, 6) is -0.406. The van der Waals surface area contributed by atoms with Crippen LogP contribution in [0.25, 0.3) is 10.8 Å². The lowest BCUT2D eigenvalue weighted by Crippen LogP contribution is -2.51. The molecule has 6 heteroatoms. The van der Waals surface area contributed by atoms with Crippen molar-refractivity contribution in [2.24, 2.45) is 0 Å². The van der Waals surface area contributed by atoms with Gasteiger partial charge >= 0.3 is 0 Å². The summed E-state index contributed by atoms with van der Waals surface area (Å²) in [7, 11) is 0. The average molecular weight is 463 g/mol. The molecule has 0 aliphatic heterocycles. The van der Waals surface area contributed by atoms with Crippen molar-refractivity contribution in [2.75, 3.05) is 6.61 Å².